The SMILES string of the molecule is C#Cc1cc(CO)c(OCCCC/C=C/CC)c(CO)c1. The van der Waals surface area contributed by atoms with Gasteiger partial charge in [0.2, 0.25) is 0 Å². The van der Waals surface area contributed by atoms with Gasteiger partial charge in [0.15, 0.2) is 0 Å². The van der Waals surface area contributed by atoms with E-state index in [0.29, 0.717) is 29.0 Å². The predicted octanol–water partition coefficient (Wildman–Crippen LogP) is 3.17. The lowest BCUT2D eigenvalue weighted by atomic mass is 10.0. The van der Waals surface area contributed by atoms with Crippen LogP contribution in [0.5, 0.6) is 5.75 Å². The summed E-state index contributed by atoms with van der Waals surface area (Å²) in [4.78, 5) is 0. The predicted molar refractivity (Wildman–Crippen MR) is 85.0 cm³/mol. The van der Waals surface area contributed by atoms with E-state index >= 15 is 0 Å². The van der Waals surface area contributed by atoms with Gasteiger partial charge in [-0.15, -0.1) is 6.42 Å². The van der Waals surface area contributed by atoms with Crippen LogP contribution in [0.4, 0.5) is 0 Å². The van der Waals surface area contributed by atoms with Crippen LogP contribution in [0.3, 0.4) is 0 Å². The van der Waals surface area contributed by atoms with Gasteiger partial charge in [-0.05, 0) is 37.8 Å². The molecule has 0 saturated heterocycles. The Hall–Kier alpha value is -1.76. The number of terminal acetylenes is 1. The quantitative estimate of drug-likeness (QED) is 0.417. The van der Waals surface area contributed by atoms with E-state index in [0.717, 1.165) is 25.7 Å². The molecule has 0 unspecified atom stereocenters. The molecule has 3 nitrogen and oxygen atoms in total. The highest BCUT2D eigenvalue weighted by molar-refractivity contribution is 5.48. The van der Waals surface area contributed by atoms with Crippen molar-refractivity contribution in [2.24, 2.45) is 0 Å². The first kappa shape index (κ1) is 17.3. The van der Waals surface area contributed by atoms with Crippen LogP contribution in [0.25, 0.3) is 0 Å². The smallest absolute Gasteiger partial charge is 0.130 e. The Morgan fingerprint density at radius 1 is 1.14 bits per heavy atom. The molecule has 1 rings (SSSR count). The molecule has 0 saturated carbocycles. The molecule has 3 heteroatoms. The number of rotatable bonds is 9. The second-order valence-corrected chi connectivity index (χ2v) is 4.81. The average molecular weight is 288 g/mol. The fourth-order valence-electron chi connectivity index (χ4n) is 2.08. The number of hydrogen-bond donors (Lipinski definition) is 2. The fourth-order valence-corrected chi connectivity index (χ4v) is 2.08. The van der Waals surface area contributed by atoms with E-state index < -0.39 is 0 Å². The van der Waals surface area contributed by atoms with Gasteiger partial charge in [-0.3, -0.25) is 0 Å². The van der Waals surface area contributed by atoms with Crippen molar-refractivity contribution in [3.63, 3.8) is 0 Å². The maximum Gasteiger partial charge on any atom is 0.130 e. The van der Waals surface area contributed by atoms with Gasteiger partial charge in [-0.25, -0.2) is 0 Å². The molecule has 1 aromatic rings. The summed E-state index contributed by atoms with van der Waals surface area (Å²) >= 11 is 0. The fraction of sp³-hybridized carbons (Fsp3) is 0.444. The van der Waals surface area contributed by atoms with Crippen LogP contribution in [0, 0.1) is 12.3 Å². The summed E-state index contributed by atoms with van der Waals surface area (Å²) < 4.78 is 5.74. The van der Waals surface area contributed by atoms with E-state index in [1.54, 1.807) is 12.1 Å². The molecule has 21 heavy (non-hydrogen) atoms. The van der Waals surface area contributed by atoms with Crippen LogP contribution < -0.4 is 4.74 Å². The Morgan fingerprint density at radius 2 is 1.81 bits per heavy atom. The number of ether oxygens (including phenoxy) is 1. The van der Waals surface area contributed by atoms with Gasteiger partial charge in [0.05, 0.1) is 19.8 Å². The summed E-state index contributed by atoms with van der Waals surface area (Å²) in [5.74, 6) is 3.07. The van der Waals surface area contributed by atoms with Crippen molar-refractivity contribution < 1.29 is 14.9 Å². The van der Waals surface area contributed by atoms with Crippen molar-refractivity contribution in [2.75, 3.05) is 6.61 Å². The second kappa shape index (κ2) is 10.0. The molecule has 2 N–H and O–H groups in total. The van der Waals surface area contributed by atoms with E-state index in [9.17, 15) is 10.2 Å². The van der Waals surface area contributed by atoms with Crippen molar-refractivity contribution in [1.82, 2.24) is 0 Å². The largest absolute Gasteiger partial charge is 0.493 e. The van der Waals surface area contributed by atoms with Gasteiger partial charge in [0, 0.05) is 16.7 Å². The molecule has 0 bridgehead atoms. The van der Waals surface area contributed by atoms with Crippen molar-refractivity contribution in [3.05, 3.63) is 41.0 Å². The third-order valence-corrected chi connectivity index (χ3v) is 3.16. The van der Waals surface area contributed by atoms with Crippen LogP contribution >= 0.6 is 0 Å². The number of hydrogen-bond acceptors (Lipinski definition) is 3. The highest BCUT2D eigenvalue weighted by atomic mass is 16.5. The summed E-state index contributed by atoms with van der Waals surface area (Å²) in [6.07, 6.45) is 13.8. The van der Waals surface area contributed by atoms with Gasteiger partial charge >= 0.3 is 0 Å². The minimum absolute atomic E-state index is 0.156. The van der Waals surface area contributed by atoms with E-state index in [4.69, 9.17) is 11.2 Å². The molecule has 0 aliphatic heterocycles. The molecular weight excluding hydrogens is 264 g/mol. The van der Waals surface area contributed by atoms with Gasteiger partial charge in [-0.2, -0.15) is 0 Å². The van der Waals surface area contributed by atoms with Crippen LogP contribution in [0.2, 0.25) is 0 Å². The Morgan fingerprint density at radius 3 is 2.33 bits per heavy atom. The first-order chi connectivity index (χ1) is 10.3. The molecular formula is C18H24O3. The van der Waals surface area contributed by atoms with Crippen LogP contribution in [-0.4, -0.2) is 16.8 Å². The van der Waals surface area contributed by atoms with Crippen molar-refractivity contribution in [3.8, 4) is 18.1 Å². The Balaban J connectivity index is 2.61. The summed E-state index contributed by atoms with van der Waals surface area (Å²) in [6.45, 7) is 2.37. The molecule has 1 aromatic carbocycles. The summed E-state index contributed by atoms with van der Waals surface area (Å²) in [7, 11) is 0. The number of benzene rings is 1. The van der Waals surface area contributed by atoms with Crippen LogP contribution in [0.1, 0.15) is 49.3 Å². The van der Waals surface area contributed by atoms with Crippen molar-refractivity contribution in [2.45, 2.75) is 45.8 Å². The van der Waals surface area contributed by atoms with Crippen LogP contribution in [0.15, 0.2) is 24.3 Å². The van der Waals surface area contributed by atoms with Crippen molar-refractivity contribution in [1.29, 1.82) is 0 Å². The van der Waals surface area contributed by atoms with E-state index in [-0.39, 0.29) is 13.2 Å². The van der Waals surface area contributed by atoms with E-state index in [2.05, 4.69) is 25.0 Å². The summed E-state index contributed by atoms with van der Waals surface area (Å²) in [5, 5.41) is 18.8. The zero-order chi connectivity index (χ0) is 15.5. The summed E-state index contributed by atoms with van der Waals surface area (Å²) in [5.41, 5.74) is 1.89. The molecule has 0 radical (unpaired) electrons. The van der Waals surface area contributed by atoms with Gasteiger partial charge in [-0.1, -0.05) is 25.0 Å². The number of aliphatic hydroxyl groups excluding tert-OH is 2. The minimum atomic E-state index is -0.156. The molecule has 0 atom stereocenters. The molecule has 0 fully saturated rings. The lowest BCUT2D eigenvalue weighted by molar-refractivity contribution is 0.244. The maximum absolute atomic E-state index is 9.42. The normalized spacial score (nSPS) is 10.8. The molecule has 0 aromatic heterocycles. The molecule has 114 valence electrons. The highest BCUT2D eigenvalue weighted by Gasteiger charge is 2.11. The highest BCUT2D eigenvalue weighted by Crippen LogP contribution is 2.26. The maximum atomic E-state index is 9.42. The topological polar surface area (TPSA) is 49.7 Å². The zero-order valence-corrected chi connectivity index (χ0v) is 12.6. The standard InChI is InChI=1S/C18H24O3/c1-3-5-6-7-8-9-10-21-18-16(13-19)11-15(4-2)12-17(18)14-20/h2,5-6,11-12,19-20H,3,7-10,13-14H2,1H3/b6-5+. The lowest BCUT2D eigenvalue weighted by Crippen LogP contribution is -2.04. The monoisotopic (exact) mass is 288 g/mol. The molecule has 0 aliphatic carbocycles. The van der Waals surface area contributed by atoms with Gasteiger partial charge in [0.25, 0.3) is 0 Å². The van der Waals surface area contributed by atoms with Gasteiger partial charge in [0.1, 0.15) is 5.75 Å². The first-order valence-corrected chi connectivity index (χ1v) is 7.38. The summed E-state index contributed by atoms with van der Waals surface area (Å²) in [6, 6.07) is 3.44. The molecule has 0 spiro atoms. The molecule has 0 amide bonds. The number of unbranched alkanes of at least 4 members (excludes halogenated alkanes) is 2. The minimum Gasteiger partial charge on any atom is -0.493 e. The third-order valence-electron chi connectivity index (χ3n) is 3.16. The Bertz CT molecular complexity index is 473. The van der Waals surface area contributed by atoms with Gasteiger partial charge < -0.3 is 14.9 Å². The van der Waals surface area contributed by atoms with Crippen LogP contribution in [-0.2, 0) is 13.2 Å². The van der Waals surface area contributed by atoms with E-state index in [1.165, 1.54) is 0 Å². The lowest BCUT2D eigenvalue weighted by Gasteiger charge is -2.14. The third kappa shape index (κ3) is 5.63. The van der Waals surface area contributed by atoms with E-state index in [1.807, 2.05) is 0 Å². The average Bonchev–Trinajstić information content (AvgIpc) is 2.53. The first-order valence-electron chi connectivity index (χ1n) is 7.38. The second-order valence-electron chi connectivity index (χ2n) is 4.81. The number of allylic oxidation sites excluding steroid dienone is 2. The Kier molecular flexibility index (Phi) is 8.27. The van der Waals surface area contributed by atoms with Crippen molar-refractivity contribution >= 4 is 0 Å². The Labute approximate surface area is 127 Å². The molecule has 0 aliphatic rings. The molecule has 0 heterocycles. The zero-order valence-electron chi connectivity index (χ0n) is 12.6. The number of aliphatic hydroxyl groups is 2.